The van der Waals surface area contributed by atoms with Crippen molar-refractivity contribution >= 4 is 17.8 Å². The zero-order chi connectivity index (χ0) is 14.7. The number of carboxylic acid groups (broad SMARTS) is 1. The SMILES string of the molecule is CCCN1C(=O)CC(N2CCOCC2CC(=O)O)C1=O. The summed E-state index contributed by atoms with van der Waals surface area (Å²) in [5.74, 6) is -1.29. The van der Waals surface area contributed by atoms with Gasteiger partial charge in [0.05, 0.1) is 32.1 Å². The van der Waals surface area contributed by atoms with Crippen molar-refractivity contribution in [2.45, 2.75) is 38.3 Å². The van der Waals surface area contributed by atoms with E-state index < -0.39 is 12.0 Å². The third-order valence-electron chi connectivity index (χ3n) is 3.75. The fourth-order valence-electron chi connectivity index (χ4n) is 2.84. The van der Waals surface area contributed by atoms with E-state index in [0.29, 0.717) is 19.7 Å². The van der Waals surface area contributed by atoms with Gasteiger partial charge in [0.1, 0.15) is 0 Å². The molecule has 0 aromatic rings. The molecule has 0 aromatic heterocycles. The van der Waals surface area contributed by atoms with Crippen LogP contribution in [0.25, 0.3) is 0 Å². The Hall–Kier alpha value is -1.47. The molecule has 1 N–H and O–H groups in total. The van der Waals surface area contributed by atoms with E-state index in [1.807, 2.05) is 11.8 Å². The van der Waals surface area contributed by atoms with Crippen LogP contribution in [0.4, 0.5) is 0 Å². The molecule has 7 nitrogen and oxygen atoms in total. The minimum absolute atomic E-state index is 0.0776. The van der Waals surface area contributed by atoms with Crippen molar-refractivity contribution in [1.82, 2.24) is 9.80 Å². The van der Waals surface area contributed by atoms with Crippen LogP contribution in [0.3, 0.4) is 0 Å². The number of ether oxygens (including phenoxy) is 1. The molecule has 2 aliphatic rings. The number of nitrogens with zero attached hydrogens (tertiary/aromatic N) is 2. The number of aliphatic carboxylic acids is 1. The van der Waals surface area contributed by atoms with Crippen molar-refractivity contribution < 1.29 is 24.2 Å². The predicted molar refractivity (Wildman–Crippen MR) is 69.0 cm³/mol. The molecule has 2 aliphatic heterocycles. The summed E-state index contributed by atoms with van der Waals surface area (Å²) in [6, 6.07) is -0.869. The van der Waals surface area contributed by atoms with Crippen LogP contribution < -0.4 is 0 Å². The third-order valence-corrected chi connectivity index (χ3v) is 3.75. The van der Waals surface area contributed by atoms with Crippen LogP contribution >= 0.6 is 0 Å². The lowest BCUT2D eigenvalue weighted by molar-refractivity contribution is -0.145. The van der Waals surface area contributed by atoms with Crippen molar-refractivity contribution in [3.8, 4) is 0 Å². The van der Waals surface area contributed by atoms with E-state index in [1.54, 1.807) is 0 Å². The van der Waals surface area contributed by atoms with Gasteiger partial charge in [-0.1, -0.05) is 6.92 Å². The molecule has 0 saturated carbocycles. The average molecular weight is 284 g/mol. The number of morpholine rings is 1. The number of rotatable bonds is 5. The summed E-state index contributed by atoms with van der Waals surface area (Å²) in [4.78, 5) is 38.2. The highest BCUT2D eigenvalue weighted by Crippen LogP contribution is 2.24. The van der Waals surface area contributed by atoms with Gasteiger partial charge in [-0.3, -0.25) is 24.2 Å². The highest BCUT2D eigenvalue weighted by molar-refractivity contribution is 6.05. The van der Waals surface area contributed by atoms with Crippen molar-refractivity contribution in [3.05, 3.63) is 0 Å². The van der Waals surface area contributed by atoms with Crippen LogP contribution in [-0.4, -0.2) is 71.1 Å². The second kappa shape index (κ2) is 6.32. The van der Waals surface area contributed by atoms with Gasteiger partial charge in [0.15, 0.2) is 0 Å². The zero-order valence-corrected chi connectivity index (χ0v) is 11.6. The number of hydrogen-bond acceptors (Lipinski definition) is 5. The van der Waals surface area contributed by atoms with E-state index in [4.69, 9.17) is 9.84 Å². The number of amides is 2. The maximum atomic E-state index is 12.3. The topological polar surface area (TPSA) is 87.2 Å². The van der Waals surface area contributed by atoms with Crippen molar-refractivity contribution in [1.29, 1.82) is 0 Å². The first-order chi connectivity index (χ1) is 9.54. The number of likely N-dealkylation sites (tertiary alicyclic amines) is 1. The molecule has 112 valence electrons. The van der Waals surface area contributed by atoms with Crippen LogP contribution in [0, 0.1) is 0 Å². The van der Waals surface area contributed by atoms with E-state index in [9.17, 15) is 14.4 Å². The van der Waals surface area contributed by atoms with Gasteiger partial charge < -0.3 is 9.84 Å². The normalized spacial score (nSPS) is 28.1. The Labute approximate surface area is 117 Å². The van der Waals surface area contributed by atoms with Crippen LogP contribution in [0.1, 0.15) is 26.2 Å². The Kier molecular flexibility index (Phi) is 4.72. The molecule has 2 rings (SSSR count). The lowest BCUT2D eigenvalue weighted by Crippen LogP contribution is -2.54. The van der Waals surface area contributed by atoms with E-state index >= 15 is 0 Å². The average Bonchev–Trinajstić information content (AvgIpc) is 2.67. The van der Waals surface area contributed by atoms with Crippen LogP contribution in [0.15, 0.2) is 0 Å². The summed E-state index contributed by atoms with van der Waals surface area (Å²) >= 11 is 0. The maximum absolute atomic E-state index is 12.3. The Bertz CT molecular complexity index is 412. The van der Waals surface area contributed by atoms with Gasteiger partial charge in [0.25, 0.3) is 0 Å². The largest absolute Gasteiger partial charge is 0.481 e. The van der Waals surface area contributed by atoms with Crippen LogP contribution in [0.5, 0.6) is 0 Å². The molecule has 0 spiro atoms. The molecule has 2 amide bonds. The van der Waals surface area contributed by atoms with Gasteiger partial charge in [-0.25, -0.2) is 0 Å². The minimum Gasteiger partial charge on any atom is -0.481 e. The molecule has 2 atom stereocenters. The predicted octanol–water partition coefficient (Wildman–Crippen LogP) is -0.301. The first-order valence-corrected chi connectivity index (χ1v) is 6.94. The monoisotopic (exact) mass is 284 g/mol. The quantitative estimate of drug-likeness (QED) is 0.697. The molecule has 2 saturated heterocycles. The fourth-order valence-corrected chi connectivity index (χ4v) is 2.84. The standard InChI is InChI=1S/C13H20N2O5/c1-2-3-15-11(16)7-10(13(15)19)14-4-5-20-8-9(14)6-12(17)18/h9-10H,2-8H2,1H3,(H,17,18). The Morgan fingerprint density at radius 2 is 2.20 bits per heavy atom. The third kappa shape index (κ3) is 2.99. The maximum Gasteiger partial charge on any atom is 0.305 e. The summed E-state index contributed by atoms with van der Waals surface area (Å²) in [5, 5.41) is 8.94. The Morgan fingerprint density at radius 3 is 2.85 bits per heavy atom. The van der Waals surface area contributed by atoms with Crippen molar-refractivity contribution in [2.75, 3.05) is 26.3 Å². The molecule has 0 radical (unpaired) electrons. The van der Waals surface area contributed by atoms with Gasteiger partial charge in [0.2, 0.25) is 11.8 Å². The molecule has 0 bridgehead atoms. The van der Waals surface area contributed by atoms with Gasteiger partial charge in [-0.2, -0.15) is 0 Å². The second-order valence-electron chi connectivity index (χ2n) is 5.17. The Balaban J connectivity index is 2.10. The lowest BCUT2D eigenvalue weighted by Gasteiger charge is -2.37. The minimum atomic E-state index is -0.923. The van der Waals surface area contributed by atoms with Gasteiger partial charge >= 0.3 is 5.97 Å². The first kappa shape index (κ1) is 14.9. The molecule has 2 unspecified atom stereocenters. The molecule has 2 fully saturated rings. The van der Waals surface area contributed by atoms with Crippen molar-refractivity contribution in [2.24, 2.45) is 0 Å². The van der Waals surface area contributed by atoms with Gasteiger partial charge in [-0.15, -0.1) is 0 Å². The summed E-state index contributed by atoms with van der Waals surface area (Å²) in [6.07, 6.45) is 0.798. The number of carboxylic acids is 1. The van der Waals surface area contributed by atoms with E-state index in [2.05, 4.69) is 0 Å². The number of imide groups is 1. The summed E-state index contributed by atoms with van der Waals surface area (Å²) in [6.45, 7) is 3.58. The number of carbonyl (C=O) groups is 3. The molecular formula is C13H20N2O5. The molecule has 0 aliphatic carbocycles. The van der Waals surface area contributed by atoms with E-state index in [-0.39, 0.29) is 37.3 Å². The van der Waals surface area contributed by atoms with E-state index in [1.165, 1.54) is 4.90 Å². The summed E-state index contributed by atoms with van der Waals surface area (Å²) in [5.41, 5.74) is 0. The highest BCUT2D eigenvalue weighted by Gasteiger charge is 2.44. The number of carbonyl (C=O) groups excluding carboxylic acids is 2. The fraction of sp³-hybridized carbons (Fsp3) is 0.769. The van der Waals surface area contributed by atoms with Crippen LogP contribution in [0.2, 0.25) is 0 Å². The molecule has 2 heterocycles. The van der Waals surface area contributed by atoms with Crippen LogP contribution in [-0.2, 0) is 19.1 Å². The number of hydrogen-bond donors (Lipinski definition) is 1. The highest BCUT2D eigenvalue weighted by atomic mass is 16.5. The van der Waals surface area contributed by atoms with E-state index in [0.717, 1.165) is 6.42 Å². The second-order valence-corrected chi connectivity index (χ2v) is 5.17. The van der Waals surface area contributed by atoms with Gasteiger partial charge in [0, 0.05) is 19.1 Å². The first-order valence-electron chi connectivity index (χ1n) is 6.94. The molecule has 20 heavy (non-hydrogen) atoms. The Morgan fingerprint density at radius 1 is 1.45 bits per heavy atom. The molecule has 7 heteroatoms. The van der Waals surface area contributed by atoms with Gasteiger partial charge in [-0.05, 0) is 6.42 Å². The molecular weight excluding hydrogens is 264 g/mol. The van der Waals surface area contributed by atoms with Crippen molar-refractivity contribution in [3.63, 3.8) is 0 Å². The lowest BCUT2D eigenvalue weighted by atomic mass is 10.1. The summed E-state index contributed by atoms with van der Waals surface area (Å²) < 4.78 is 5.29. The zero-order valence-electron chi connectivity index (χ0n) is 11.6. The molecule has 0 aromatic carbocycles. The summed E-state index contributed by atoms with van der Waals surface area (Å²) in [7, 11) is 0. The smallest absolute Gasteiger partial charge is 0.305 e.